The highest BCUT2D eigenvalue weighted by molar-refractivity contribution is 5.83. The Labute approximate surface area is 126 Å². The molecule has 3 rings (SSSR count). The molecule has 1 amide bonds. The third kappa shape index (κ3) is 2.28. The Morgan fingerprint density at radius 1 is 1.29 bits per heavy atom. The minimum atomic E-state index is 0.0788. The van der Waals surface area contributed by atoms with Gasteiger partial charge in [-0.1, -0.05) is 25.5 Å². The van der Waals surface area contributed by atoms with Crippen molar-refractivity contribution in [2.75, 3.05) is 6.54 Å². The summed E-state index contributed by atoms with van der Waals surface area (Å²) in [5.74, 6) is 2.60. The molecule has 0 radical (unpaired) electrons. The second-order valence-electron chi connectivity index (χ2n) is 7.14. The summed E-state index contributed by atoms with van der Waals surface area (Å²) in [6.45, 7) is 12.7. The summed E-state index contributed by atoms with van der Waals surface area (Å²) in [7, 11) is 0. The van der Waals surface area contributed by atoms with Crippen molar-refractivity contribution in [3.63, 3.8) is 0 Å². The van der Waals surface area contributed by atoms with Crippen molar-refractivity contribution < 1.29 is 4.79 Å². The summed E-state index contributed by atoms with van der Waals surface area (Å²) in [6.07, 6.45) is 2.25. The lowest BCUT2D eigenvalue weighted by Crippen LogP contribution is -2.40. The average Bonchev–Trinajstić information content (AvgIpc) is 2.77. The van der Waals surface area contributed by atoms with Gasteiger partial charge in [-0.2, -0.15) is 0 Å². The van der Waals surface area contributed by atoms with Gasteiger partial charge in [-0.3, -0.25) is 4.79 Å². The molecule has 114 valence electrons. The van der Waals surface area contributed by atoms with E-state index in [0.717, 1.165) is 24.7 Å². The SMILES string of the molecule is CC(C)=C[C@@H]1[C@@H](C(=O)N2CCn3c(C)nnc3C2)C1(C)C. The van der Waals surface area contributed by atoms with E-state index in [4.69, 9.17) is 0 Å². The highest BCUT2D eigenvalue weighted by Crippen LogP contribution is 2.60. The van der Waals surface area contributed by atoms with Crippen molar-refractivity contribution in [1.29, 1.82) is 0 Å². The number of aryl methyl sites for hydroxylation is 1. The van der Waals surface area contributed by atoms with E-state index in [9.17, 15) is 4.79 Å². The zero-order valence-electron chi connectivity index (χ0n) is 13.6. The molecule has 21 heavy (non-hydrogen) atoms. The first-order chi connectivity index (χ1) is 9.82. The molecule has 1 aliphatic carbocycles. The summed E-state index contributed by atoms with van der Waals surface area (Å²) in [6, 6.07) is 0. The number of rotatable bonds is 2. The van der Waals surface area contributed by atoms with Gasteiger partial charge in [-0.05, 0) is 32.1 Å². The molecule has 0 unspecified atom stereocenters. The van der Waals surface area contributed by atoms with Crippen LogP contribution in [-0.2, 0) is 17.9 Å². The molecule has 1 aromatic heterocycles. The lowest BCUT2D eigenvalue weighted by molar-refractivity contribution is -0.135. The van der Waals surface area contributed by atoms with Gasteiger partial charge in [-0.25, -0.2) is 0 Å². The van der Waals surface area contributed by atoms with Gasteiger partial charge < -0.3 is 9.47 Å². The number of carbonyl (C=O) groups is 1. The fraction of sp³-hybridized carbons (Fsp3) is 0.688. The number of amides is 1. The van der Waals surface area contributed by atoms with Crippen LogP contribution in [0, 0.1) is 24.2 Å². The average molecular weight is 288 g/mol. The first kappa shape index (κ1) is 14.3. The Kier molecular flexibility index (Phi) is 3.19. The Balaban J connectivity index is 1.75. The minimum Gasteiger partial charge on any atom is -0.333 e. The van der Waals surface area contributed by atoms with Gasteiger partial charge in [0.15, 0.2) is 5.82 Å². The zero-order valence-corrected chi connectivity index (χ0v) is 13.6. The van der Waals surface area contributed by atoms with E-state index in [1.807, 2.05) is 11.8 Å². The van der Waals surface area contributed by atoms with Gasteiger partial charge in [0, 0.05) is 13.1 Å². The number of nitrogens with zero attached hydrogens (tertiary/aromatic N) is 4. The summed E-state index contributed by atoms with van der Waals surface area (Å²) < 4.78 is 2.11. The van der Waals surface area contributed by atoms with Crippen LogP contribution >= 0.6 is 0 Å². The molecule has 2 heterocycles. The van der Waals surface area contributed by atoms with Crippen LogP contribution in [0.5, 0.6) is 0 Å². The van der Waals surface area contributed by atoms with E-state index in [1.54, 1.807) is 0 Å². The van der Waals surface area contributed by atoms with E-state index in [-0.39, 0.29) is 17.2 Å². The third-order valence-corrected chi connectivity index (χ3v) is 4.94. The van der Waals surface area contributed by atoms with Crippen molar-refractivity contribution in [2.45, 2.75) is 47.7 Å². The quantitative estimate of drug-likeness (QED) is 0.784. The van der Waals surface area contributed by atoms with Crippen LogP contribution in [0.4, 0.5) is 0 Å². The summed E-state index contributed by atoms with van der Waals surface area (Å²) in [5.41, 5.74) is 1.37. The van der Waals surface area contributed by atoms with Crippen molar-refractivity contribution in [1.82, 2.24) is 19.7 Å². The number of hydrogen-bond acceptors (Lipinski definition) is 3. The van der Waals surface area contributed by atoms with Crippen LogP contribution in [0.2, 0.25) is 0 Å². The predicted molar refractivity (Wildman–Crippen MR) is 80.4 cm³/mol. The van der Waals surface area contributed by atoms with E-state index >= 15 is 0 Å². The molecule has 2 aliphatic rings. The van der Waals surface area contributed by atoms with Gasteiger partial charge in [-0.15, -0.1) is 10.2 Å². The van der Waals surface area contributed by atoms with Crippen LogP contribution in [0.3, 0.4) is 0 Å². The van der Waals surface area contributed by atoms with Crippen LogP contribution in [0.25, 0.3) is 0 Å². The van der Waals surface area contributed by atoms with Crippen molar-refractivity contribution >= 4 is 5.91 Å². The number of carbonyl (C=O) groups excluding carboxylic acids is 1. The highest BCUT2D eigenvalue weighted by atomic mass is 16.2. The van der Waals surface area contributed by atoms with Crippen LogP contribution in [-0.4, -0.2) is 32.1 Å². The summed E-state index contributed by atoms with van der Waals surface area (Å²) in [5, 5.41) is 8.28. The number of hydrogen-bond donors (Lipinski definition) is 0. The van der Waals surface area contributed by atoms with Crippen LogP contribution in [0.15, 0.2) is 11.6 Å². The molecule has 1 aromatic rings. The Hall–Kier alpha value is -1.65. The number of allylic oxidation sites excluding steroid dienone is 2. The molecule has 0 N–H and O–H groups in total. The van der Waals surface area contributed by atoms with Gasteiger partial charge in [0.25, 0.3) is 0 Å². The monoisotopic (exact) mass is 288 g/mol. The Morgan fingerprint density at radius 3 is 2.67 bits per heavy atom. The zero-order chi connectivity index (χ0) is 15.4. The summed E-state index contributed by atoms with van der Waals surface area (Å²) in [4.78, 5) is 14.8. The summed E-state index contributed by atoms with van der Waals surface area (Å²) >= 11 is 0. The molecule has 0 bridgehead atoms. The van der Waals surface area contributed by atoms with Crippen LogP contribution < -0.4 is 0 Å². The smallest absolute Gasteiger partial charge is 0.227 e. The van der Waals surface area contributed by atoms with Gasteiger partial charge in [0.1, 0.15) is 5.82 Å². The fourth-order valence-electron chi connectivity index (χ4n) is 3.51. The maximum atomic E-state index is 12.8. The lowest BCUT2D eigenvalue weighted by atomic mass is 10.1. The molecule has 1 saturated carbocycles. The predicted octanol–water partition coefficient (Wildman–Crippen LogP) is 2.17. The van der Waals surface area contributed by atoms with Gasteiger partial charge in [0.2, 0.25) is 5.91 Å². The molecule has 5 heteroatoms. The van der Waals surface area contributed by atoms with E-state index < -0.39 is 0 Å². The van der Waals surface area contributed by atoms with E-state index in [0.29, 0.717) is 12.5 Å². The molecular formula is C16H24N4O. The molecule has 0 spiro atoms. The maximum Gasteiger partial charge on any atom is 0.227 e. The molecule has 1 aliphatic heterocycles. The first-order valence-electron chi connectivity index (χ1n) is 7.65. The number of aromatic nitrogens is 3. The fourth-order valence-corrected chi connectivity index (χ4v) is 3.51. The van der Waals surface area contributed by atoms with Crippen molar-refractivity contribution in [2.24, 2.45) is 17.3 Å². The molecule has 5 nitrogen and oxygen atoms in total. The first-order valence-corrected chi connectivity index (χ1v) is 7.65. The maximum absolute atomic E-state index is 12.8. The van der Waals surface area contributed by atoms with Crippen LogP contribution in [0.1, 0.15) is 39.3 Å². The second kappa shape index (κ2) is 4.68. The highest BCUT2D eigenvalue weighted by Gasteiger charge is 2.61. The lowest BCUT2D eigenvalue weighted by Gasteiger charge is -2.28. The molecule has 1 fully saturated rings. The van der Waals surface area contributed by atoms with Crippen molar-refractivity contribution in [3.8, 4) is 0 Å². The largest absolute Gasteiger partial charge is 0.333 e. The van der Waals surface area contributed by atoms with Gasteiger partial charge >= 0.3 is 0 Å². The molecule has 0 aromatic carbocycles. The second-order valence-corrected chi connectivity index (χ2v) is 7.14. The topological polar surface area (TPSA) is 51.0 Å². The van der Waals surface area contributed by atoms with E-state index in [1.165, 1.54) is 5.57 Å². The minimum absolute atomic E-state index is 0.0788. The Morgan fingerprint density at radius 2 is 2.00 bits per heavy atom. The number of fused-ring (bicyclic) bond motifs is 1. The third-order valence-electron chi connectivity index (χ3n) is 4.94. The Bertz CT molecular complexity index is 610. The normalized spacial score (nSPS) is 26.2. The standard InChI is InChI=1S/C16H24N4O/c1-10(2)8-12-14(16(12,4)5)15(21)19-6-7-20-11(3)17-18-13(20)9-19/h8,12,14H,6-7,9H2,1-5H3/t12-,14+/m1/s1. The molecule has 2 atom stereocenters. The molecular weight excluding hydrogens is 264 g/mol. The van der Waals surface area contributed by atoms with Crippen molar-refractivity contribution in [3.05, 3.63) is 23.3 Å². The molecule has 0 saturated heterocycles. The van der Waals surface area contributed by atoms with Gasteiger partial charge in [0.05, 0.1) is 12.5 Å². The van der Waals surface area contributed by atoms with E-state index in [2.05, 4.69) is 48.5 Å².